The van der Waals surface area contributed by atoms with E-state index in [4.69, 9.17) is 9.47 Å². The van der Waals surface area contributed by atoms with Crippen LogP contribution in [0.5, 0.6) is 5.75 Å². The van der Waals surface area contributed by atoms with Crippen LogP contribution in [0, 0.1) is 10.1 Å². The van der Waals surface area contributed by atoms with Gasteiger partial charge in [-0.2, -0.15) is 0 Å². The average Bonchev–Trinajstić information content (AvgIpc) is 2.54. The molecular weight excluding hydrogens is 340 g/mol. The van der Waals surface area contributed by atoms with Gasteiger partial charge in [0.25, 0.3) is 5.69 Å². The molecule has 1 heterocycles. The van der Waals surface area contributed by atoms with Gasteiger partial charge in [-0.1, -0.05) is 0 Å². The Hall–Kier alpha value is -2.31. The number of carbonyl (C=O) groups is 1. The predicted octanol–water partition coefficient (Wildman–Crippen LogP) is -1.91. The number of benzene rings is 1. The molecule has 5 atom stereocenters. The van der Waals surface area contributed by atoms with Crippen LogP contribution in [-0.2, 0) is 9.53 Å². The molecule has 1 aromatic rings. The molecule has 25 heavy (non-hydrogen) atoms. The van der Waals surface area contributed by atoms with Crippen molar-refractivity contribution in [2.75, 3.05) is 6.61 Å². The minimum atomic E-state index is -1.43. The van der Waals surface area contributed by atoms with E-state index in [1.54, 1.807) is 0 Å². The van der Waals surface area contributed by atoms with Crippen molar-refractivity contribution in [3.05, 3.63) is 34.4 Å². The number of nitrogens with zero attached hydrogens (tertiary/aromatic N) is 1. The number of non-ortho nitro benzene ring substituents is 1. The maximum Gasteiger partial charge on any atom is 0.269 e. The first-order valence-corrected chi connectivity index (χ1v) is 7.14. The Bertz CT molecular complexity index is 594. The molecule has 0 bridgehead atoms. The fourth-order valence-electron chi connectivity index (χ4n) is 2.35. The number of aliphatic hydroxyl groups is 3. The van der Waals surface area contributed by atoms with Crippen molar-refractivity contribution in [2.24, 2.45) is 0 Å². The highest BCUT2D eigenvalue weighted by atomic mass is 16.7. The lowest BCUT2D eigenvalue weighted by molar-refractivity contribution is -0.384. The smallest absolute Gasteiger partial charge is 0.269 e. The Labute approximate surface area is 142 Å². The van der Waals surface area contributed by atoms with Gasteiger partial charge < -0.3 is 35.6 Å². The third-order valence-electron chi connectivity index (χ3n) is 3.55. The molecule has 1 aliphatic rings. The molecule has 140 valence electrons. The summed E-state index contributed by atoms with van der Waals surface area (Å²) in [7, 11) is 0. The van der Waals surface area contributed by atoms with Gasteiger partial charge in [0.2, 0.25) is 12.2 Å². The fraction of sp³-hybridized carbons (Fsp3) is 0.500. The number of nitrogens with one attached hydrogen (secondary N) is 1. The molecule has 0 saturated carbocycles. The zero-order chi connectivity index (χ0) is 17.9. The molecule has 0 radical (unpaired) electrons. The molecule has 0 unspecified atom stereocenters. The number of carbonyl (C=O) groups excluding carboxylic acids is 1. The molecule has 0 aromatic heterocycles. The van der Waals surface area contributed by atoms with Crippen LogP contribution in [0.3, 0.4) is 0 Å². The largest absolute Gasteiger partial charge is 0.463 e. The van der Waals surface area contributed by atoms with Crippen molar-refractivity contribution in [3.8, 4) is 5.75 Å². The summed E-state index contributed by atoms with van der Waals surface area (Å²) in [4.78, 5) is 21.4. The highest BCUT2D eigenvalue weighted by Gasteiger charge is 2.46. The van der Waals surface area contributed by atoms with Gasteiger partial charge in [-0.15, -0.1) is 0 Å². The van der Waals surface area contributed by atoms with Crippen molar-refractivity contribution < 1.29 is 40.0 Å². The van der Waals surface area contributed by atoms with Gasteiger partial charge in [0, 0.05) is 19.1 Å². The number of nitro benzene ring substituents is 1. The molecule has 1 fully saturated rings. The average molecular weight is 360 g/mol. The minimum absolute atomic E-state index is 0. The summed E-state index contributed by atoms with van der Waals surface area (Å²) in [5.41, 5.74) is -0.131. The highest BCUT2D eigenvalue weighted by Crippen LogP contribution is 2.25. The normalized spacial score (nSPS) is 28.6. The van der Waals surface area contributed by atoms with E-state index in [0.717, 1.165) is 0 Å². The van der Waals surface area contributed by atoms with Gasteiger partial charge >= 0.3 is 0 Å². The van der Waals surface area contributed by atoms with Crippen molar-refractivity contribution in [1.82, 2.24) is 5.32 Å². The summed E-state index contributed by atoms with van der Waals surface area (Å²) in [6.07, 6.45) is -5.15. The third-order valence-corrected chi connectivity index (χ3v) is 3.55. The van der Waals surface area contributed by atoms with E-state index in [1.165, 1.54) is 31.2 Å². The van der Waals surface area contributed by atoms with Crippen LogP contribution in [0.25, 0.3) is 0 Å². The third kappa shape index (κ3) is 4.84. The van der Waals surface area contributed by atoms with Crippen LogP contribution < -0.4 is 10.1 Å². The Morgan fingerprint density at radius 3 is 2.40 bits per heavy atom. The molecule has 1 aliphatic heterocycles. The molecule has 6 N–H and O–H groups in total. The summed E-state index contributed by atoms with van der Waals surface area (Å²) in [6.45, 7) is 0.658. The zero-order valence-electron chi connectivity index (χ0n) is 13.2. The first kappa shape index (κ1) is 20.7. The van der Waals surface area contributed by atoms with Crippen molar-refractivity contribution in [1.29, 1.82) is 0 Å². The first-order chi connectivity index (χ1) is 11.3. The monoisotopic (exact) mass is 360 g/mol. The molecular formula is C14H20N2O9. The molecule has 0 aliphatic carbocycles. The molecule has 0 spiro atoms. The number of ether oxygens (including phenoxy) is 2. The second-order valence-electron chi connectivity index (χ2n) is 5.30. The summed E-state index contributed by atoms with van der Waals surface area (Å²) in [5.74, 6) is -0.282. The molecule has 1 amide bonds. The van der Waals surface area contributed by atoms with E-state index in [9.17, 15) is 30.2 Å². The van der Waals surface area contributed by atoms with Crippen molar-refractivity contribution in [2.45, 2.75) is 37.6 Å². The second-order valence-corrected chi connectivity index (χ2v) is 5.30. The lowest BCUT2D eigenvalue weighted by atomic mass is 9.97. The van der Waals surface area contributed by atoms with E-state index in [1.807, 2.05) is 0 Å². The van der Waals surface area contributed by atoms with E-state index in [2.05, 4.69) is 5.32 Å². The van der Waals surface area contributed by atoms with Gasteiger partial charge in [0.1, 0.15) is 30.1 Å². The van der Waals surface area contributed by atoms with Crippen LogP contribution in [0.2, 0.25) is 0 Å². The molecule has 11 heteroatoms. The van der Waals surface area contributed by atoms with E-state index < -0.39 is 48.1 Å². The zero-order valence-corrected chi connectivity index (χ0v) is 13.2. The number of hydrogen-bond donors (Lipinski definition) is 4. The number of amides is 1. The Morgan fingerprint density at radius 2 is 1.92 bits per heavy atom. The summed E-state index contributed by atoms with van der Waals surface area (Å²) in [5, 5.41) is 42.3. The van der Waals surface area contributed by atoms with E-state index in [-0.39, 0.29) is 16.9 Å². The number of aliphatic hydroxyl groups excluding tert-OH is 3. The van der Waals surface area contributed by atoms with Crippen molar-refractivity contribution in [3.63, 3.8) is 0 Å². The van der Waals surface area contributed by atoms with E-state index in [0.29, 0.717) is 0 Å². The molecule has 2 rings (SSSR count). The molecule has 11 nitrogen and oxygen atoms in total. The second kappa shape index (κ2) is 8.69. The van der Waals surface area contributed by atoms with Crippen LogP contribution in [0.15, 0.2) is 24.3 Å². The van der Waals surface area contributed by atoms with Gasteiger partial charge in [-0.05, 0) is 12.1 Å². The number of nitro groups is 1. The Morgan fingerprint density at radius 1 is 1.32 bits per heavy atom. The van der Waals surface area contributed by atoms with Gasteiger partial charge in [-0.3, -0.25) is 14.9 Å². The van der Waals surface area contributed by atoms with Gasteiger partial charge in [-0.25, -0.2) is 0 Å². The molecule has 1 aromatic carbocycles. The van der Waals surface area contributed by atoms with Crippen LogP contribution in [0.1, 0.15) is 6.92 Å². The Balaban J connectivity index is 0.00000312. The quantitative estimate of drug-likeness (QED) is 0.346. The number of rotatable bonds is 5. The number of hydrogen-bond acceptors (Lipinski definition) is 8. The van der Waals surface area contributed by atoms with Gasteiger partial charge in [0.15, 0.2) is 0 Å². The lowest BCUT2D eigenvalue weighted by Crippen LogP contribution is -2.65. The summed E-state index contributed by atoms with van der Waals surface area (Å²) in [6, 6.07) is 4.02. The van der Waals surface area contributed by atoms with Crippen LogP contribution >= 0.6 is 0 Å². The first-order valence-electron chi connectivity index (χ1n) is 7.14. The van der Waals surface area contributed by atoms with E-state index >= 15 is 0 Å². The lowest BCUT2D eigenvalue weighted by Gasteiger charge is -2.42. The standard InChI is InChI=1S/C14H18N2O8.H2O/c1-7(18)15-11-13(20)12(19)10(6-17)24-14(11)23-9-4-2-8(3-5-9)16(21)22;/h2-5,10-14,17,19-20H,6H2,1H3,(H,15,18);1H2/t10-,11-,12+,13-,14-;/m1./s1. The Kier molecular flexibility index (Phi) is 7.21. The summed E-state index contributed by atoms with van der Waals surface area (Å²) < 4.78 is 10.9. The summed E-state index contributed by atoms with van der Waals surface area (Å²) >= 11 is 0. The van der Waals surface area contributed by atoms with Crippen LogP contribution in [-0.4, -0.2) is 68.9 Å². The fourth-order valence-corrected chi connectivity index (χ4v) is 2.35. The maximum absolute atomic E-state index is 11.3. The topological polar surface area (TPSA) is 183 Å². The predicted molar refractivity (Wildman–Crippen MR) is 82.7 cm³/mol. The van der Waals surface area contributed by atoms with Crippen LogP contribution in [0.4, 0.5) is 5.69 Å². The molecule has 1 saturated heterocycles. The maximum atomic E-state index is 11.3. The minimum Gasteiger partial charge on any atom is -0.463 e. The highest BCUT2D eigenvalue weighted by molar-refractivity contribution is 5.73. The SMILES string of the molecule is CC(=O)N[C@H]1[C@H](Oc2ccc([N+](=O)[O-])cc2)O[C@H](CO)[C@H](O)[C@@H]1O.O. The van der Waals surface area contributed by atoms with Crippen molar-refractivity contribution >= 4 is 11.6 Å². The van der Waals surface area contributed by atoms with Gasteiger partial charge in [0.05, 0.1) is 11.5 Å².